The van der Waals surface area contributed by atoms with Gasteiger partial charge in [0.2, 0.25) is 5.91 Å². The summed E-state index contributed by atoms with van der Waals surface area (Å²) in [4.78, 5) is 32.5. The zero-order valence-corrected chi connectivity index (χ0v) is 27.0. The van der Waals surface area contributed by atoms with Gasteiger partial charge in [-0.1, -0.05) is 59.6 Å². The number of rotatable bonds is 13. The first-order chi connectivity index (χ1) is 21.2. The van der Waals surface area contributed by atoms with E-state index in [9.17, 15) is 9.59 Å². The van der Waals surface area contributed by atoms with E-state index in [0.717, 1.165) is 30.5 Å². The zero-order valence-electron chi connectivity index (χ0n) is 25.5. The summed E-state index contributed by atoms with van der Waals surface area (Å²) in [7, 11) is 0. The van der Waals surface area contributed by atoms with Gasteiger partial charge >= 0.3 is 0 Å². The van der Waals surface area contributed by atoms with Gasteiger partial charge in [0.15, 0.2) is 5.78 Å². The summed E-state index contributed by atoms with van der Waals surface area (Å²) in [5.74, 6) is 0.508. The van der Waals surface area contributed by atoms with Crippen molar-refractivity contribution in [2.45, 2.75) is 95.5 Å². The quantitative estimate of drug-likeness (QED) is 0.293. The standard InChI is InChI=1S/C33H42Cl2N6O3/c1-21(2)44-32-23(9-13-27(34)31(32)35)10-15-30(42)28(14-11-25-19-37-39-38-25)40-17-16-26(12-8-22-6-4-3-5-7-22)41-20-24(36)18-29(41)33(40)43/h3-7,9,13,21,24,26,28-29H,8,10-12,14-20,36H2,1-2H3/t24-,26?,28-,29+/m1/s1. The molecule has 4 atom stereocenters. The monoisotopic (exact) mass is 640 g/mol. The van der Waals surface area contributed by atoms with E-state index in [2.05, 4.69) is 44.6 Å². The van der Waals surface area contributed by atoms with Crippen molar-refractivity contribution < 1.29 is 14.3 Å². The van der Waals surface area contributed by atoms with Gasteiger partial charge in [-0.25, -0.2) is 0 Å². The maximum absolute atomic E-state index is 14.2. The second kappa shape index (κ2) is 15.0. The van der Waals surface area contributed by atoms with Gasteiger partial charge in [0.25, 0.3) is 0 Å². The number of hydrogen-bond acceptors (Lipinski definition) is 8. The molecule has 0 radical (unpaired) electrons. The first-order valence-electron chi connectivity index (χ1n) is 15.7. The number of ketones is 1. The molecular weight excluding hydrogens is 599 g/mol. The van der Waals surface area contributed by atoms with E-state index >= 15 is 0 Å². The van der Waals surface area contributed by atoms with Crippen molar-refractivity contribution in [3.05, 3.63) is 63.6 Å². The van der Waals surface area contributed by atoms with Crippen LogP contribution in [0.2, 0.25) is 10.0 Å². The number of amides is 1. The number of nitrogens with zero attached hydrogens (tertiary/aromatic N) is 5. The van der Waals surface area contributed by atoms with Gasteiger partial charge in [-0.2, -0.15) is 5.11 Å². The van der Waals surface area contributed by atoms with Gasteiger partial charge in [0, 0.05) is 31.6 Å². The number of benzene rings is 2. The Balaban J connectivity index is 1.35. The predicted molar refractivity (Wildman–Crippen MR) is 174 cm³/mol. The highest BCUT2D eigenvalue weighted by Crippen LogP contribution is 2.37. The molecule has 5 rings (SSSR count). The summed E-state index contributed by atoms with van der Waals surface area (Å²) < 4.78 is 5.99. The van der Waals surface area contributed by atoms with Crippen LogP contribution in [0.3, 0.4) is 0 Å². The summed E-state index contributed by atoms with van der Waals surface area (Å²) in [5, 5.41) is 12.6. The summed E-state index contributed by atoms with van der Waals surface area (Å²) in [6, 6.07) is 13.3. The maximum Gasteiger partial charge on any atom is 0.240 e. The molecule has 0 spiro atoms. The Labute approximate surface area is 269 Å². The van der Waals surface area contributed by atoms with Crippen LogP contribution in [-0.2, 0) is 22.4 Å². The SMILES string of the molecule is CC(C)Oc1c(CCC(=O)[C@@H](CCC2=NN=NC2)N2CCC(CCc3ccccc3)N3C[C@H](N)C[C@H]3C2=O)ccc(Cl)c1Cl. The van der Waals surface area contributed by atoms with Gasteiger partial charge in [-0.3, -0.25) is 14.5 Å². The molecule has 2 N–H and O–H groups in total. The lowest BCUT2D eigenvalue weighted by Crippen LogP contribution is -2.50. The Morgan fingerprint density at radius 1 is 1.11 bits per heavy atom. The van der Waals surface area contributed by atoms with Crippen LogP contribution >= 0.6 is 23.2 Å². The van der Waals surface area contributed by atoms with E-state index in [1.807, 2.05) is 30.9 Å². The topological polar surface area (TPSA) is 113 Å². The van der Waals surface area contributed by atoms with E-state index in [1.165, 1.54) is 5.56 Å². The molecule has 3 aliphatic heterocycles. The molecule has 0 saturated carbocycles. The van der Waals surface area contributed by atoms with Gasteiger partial charge in [-0.15, -0.1) is 5.10 Å². The van der Waals surface area contributed by atoms with Crippen molar-refractivity contribution in [3.63, 3.8) is 0 Å². The molecule has 44 heavy (non-hydrogen) atoms. The van der Waals surface area contributed by atoms with E-state index in [-0.39, 0.29) is 42.3 Å². The minimum Gasteiger partial charge on any atom is -0.489 e. The molecule has 3 aliphatic rings. The van der Waals surface area contributed by atoms with Crippen LogP contribution in [0, 0.1) is 0 Å². The average Bonchev–Trinajstić information content (AvgIpc) is 3.65. The van der Waals surface area contributed by atoms with Crippen LogP contribution in [0.5, 0.6) is 5.75 Å². The fourth-order valence-corrected chi connectivity index (χ4v) is 6.99. The highest BCUT2D eigenvalue weighted by molar-refractivity contribution is 6.43. The molecular formula is C33H42Cl2N6O3. The third-order valence-corrected chi connectivity index (χ3v) is 9.59. The molecule has 236 valence electrons. The fraction of sp³-hybridized carbons (Fsp3) is 0.545. The maximum atomic E-state index is 14.2. The summed E-state index contributed by atoms with van der Waals surface area (Å²) in [6.45, 7) is 5.48. The number of aryl methyl sites for hydroxylation is 2. The lowest BCUT2D eigenvalue weighted by atomic mass is 9.96. The molecule has 1 amide bonds. The Bertz CT molecular complexity index is 1390. The minimum atomic E-state index is -0.588. The third-order valence-electron chi connectivity index (χ3n) is 8.80. The van der Waals surface area contributed by atoms with Crippen LogP contribution in [0.15, 0.2) is 57.9 Å². The Hall–Kier alpha value is -2.85. The Kier molecular flexibility index (Phi) is 11.1. The van der Waals surface area contributed by atoms with E-state index in [4.69, 9.17) is 33.7 Å². The molecule has 0 aliphatic carbocycles. The summed E-state index contributed by atoms with van der Waals surface area (Å²) in [6.07, 6.45) is 4.81. The lowest BCUT2D eigenvalue weighted by Gasteiger charge is -2.32. The Morgan fingerprint density at radius 3 is 2.64 bits per heavy atom. The van der Waals surface area contributed by atoms with Crippen molar-refractivity contribution in [1.29, 1.82) is 0 Å². The predicted octanol–water partition coefficient (Wildman–Crippen LogP) is 5.89. The van der Waals surface area contributed by atoms with Crippen LogP contribution in [0.1, 0.15) is 63.5 Å². The summed E-state index contributed by atoms with van der Waals surface area (Å²) in [5.41, 5.74) is 9.36. The van der Waals surface area contributed by atoms with Crippen LogP contribution in [-0.4, -0.2) is 77.1 Å². The molecule has 2 aromatic rings. The molecule has 0 bridgehead atoms. The van der Waals surface area contributed by atoms with E-state index in [0.29, 0.717) is 61.1 Å². The third kappa shape index (κ3) is 7.86. The van der Waals surface area contributed by atoms with E-state index < -0.39 is 6.04 Å². The van der Waals surface area contributed by atoms with Crippen molar-refractivity contribution in [2.75, 3.05) is 19.6 Å². The second-order valence-corrected chi connectivity index (χ2v) is 13.1. The highest BCUT2D eigenvalue weighted by atomic mass is 35.5. The number of nitrogens with two attached hydrogens (primary N) is 1. The Morgan fingerprint density at radius 2 is 1.91 bits per heavy atom. The molecule has 3 heterocycles. The molecule has 9 nitrogen and oxygen atoms in total. The average molecular weight is 642 g/mol. The number of halogens is 2. The molecule has 2 aromatic carbocycles. The first kappa shape index (κ1) is 32.5. The normalized spacial score (nSPS) is 22.7. The lowest BCUT2D eigenvalue weighted by molar-refractivity contribution is -0.142. The molecule has 11 heteroatoms. The number of Topliss-reactive ketones (excluding diaryl/α,β-unsaturated/α-hetero) is 1. The molecule has 2 fully saturated rings. The second-order valence-electron chi connectivity index (χ2n) is 12.3. The number of carbonyl (C=O) groups is 2. The van der Waals surface area contributed by atoms with Crippen molar-refractivity contribution in [3.8, 4) is 5.75 Å². The van der Waals surface area contributed by atoms with Crippen LogP contribution in [0.25, 0.3) is 0 Å². The highest BCUT2D eigenvalue weighted by Gasteiger charge is 2.45. The number of carbonyl (C=O) groups excluding carboxylic acids is 2. The van der Waals surface area contributed by atoms with Gasteiger partial charge in [0.1, 0.15) is 17.3 Å². The first-order valence-corrected chi connectivity index (χ1v) is 16.4. The van der Waals surface area contributed by atoms with Crippen molar-refractivity contribution >= 4 is 40.6 Å². The van der Waals surface area contributed by atoms with Gasteiger partial charge < -0.3 is 15.4 Å². The minimum absolute atomic E-state index is 0.000357. The van der Waals surface area contributed by atoms with Gasteiger partial charge in [-0.05, 0) is 81.2 Å². The van der Waals surface area contributed by atoms with Crippen LogP contribution in [0.4, 0.5) is 0 Å². The van der Waals surface area contributed by atoms with E-state index in [1.54, 1.807) is 6.07 Å². The van der Waals surface area contributed by atoms with Crippen molar-refractivity contribution in [2.24, 2.45) is 21.2 Å². The smallest absolute Gasteiger partial charge is 0.240 e. The zero-order chi connectivity index (χ0) is 31.2. The van der Waals surface area contributed by atoms with Crippen LogP contribution < -0.4 is 10.5 Å². The number of hydrogen-bond donors (Lipinski definition) is 1. The fourth-order valence-electron chi connectivity index (χ4n) is 6.61. The van der Waals surface area contributed by atoms with Crippen molar-refractivity contribution in [1.82, 2.24) is 9.80 Å². The molecule has 0 aromatic heterocycles. The molecule has 1 unspecified atom stereocenters. The largest absolute Gasteiger partial charge is 0.489 e. The number of ether oxygens (including phenoxy) is 1. The van der Waals surface area contributed by atoms with Gasteiger partial charge in [0.05, 0.1) is 28.9 Å². The summed E-state index contributed by atoms with van der Waals surface area (Å²) >= 11 is 12.8. The molecule has 2 saturated heterocycles. The number of fused-ring (bicyclic) bond motifs is 1.